The molecule has 0 aliphatic heterocycles. The second kappa shape index (κ2) is 3.90. The van der Waals surface area contributed by atoms with E-state index in [1.807, 2.05) is 0 Å². The Morgan fingerprint density at radius 1 is 1.36 bits per heavy atom. The zero-order chi connectivity index (χ0) is 10.9. The van der Waals surface area contributed by atoms with Crippen molar-refractivity contribution in [3.63, 3.8) is 0 Å². The smallest absolute Gasteiger partial charge is 0.298 e. The van der Waals surface area contributed by atoms with Crippen molar-refractivity contribution in [1.82, 2.24) is 0 Å². The quantitative estimate of drug-likeness (QED) is 0.715. The summed E-state index contributed by atoms with van der Waals surface area (Å²) in [5.74, 6) is 0. The van der Waals surface area contributed by atoms with Gasteiger partial charge in [0, 0.05) is 10.0 Å². The first-order chi connectivity index (χ1) is 6.36. The number of rotatable bonds is 1. The van der Waals surface area contributed by atoms with Crippen molar-refractivity contribution in [2.24, 2.45) is 0 Å². The average Bonchev–Trinajstić information content (AvgIpc) is 2.07. The van der Waals surface area contributed by atoms with Gasteiger partial charge in [-0.25, -0.2) is 0 Å². The molecule has 76 valence electrons. The van der Waals surface area contributed by atoms with Gasteiger partial charge in [-0.05, 0) is 28.1 Å². The number of benzene rings is 1. The maximum atomic E-state index is 12.3. The summed E-state index contributed by atoms with van der Waals surface area (Å²) >= 11 is 8.26. The second-order valence-electron chi connectivity index (χ2n) is 2.48. The number of hydrogen-bond acceptors (Lipinski definition) is 1. The van der Waals surface area contributed by atoms with E-state index >= 15 is 0 Å². The number of carbonyl (C=O) groups is 1. The van der Waals surface area contributed by atoms with Crippen molar-refractivity contribution in [1.29, 1.82) is 0 Å². The van der Waals surface area contributed by atoms with E-state index in [4.69, 9.17) is 11.6 Å². The highest BCUT2D eigenvalue weighted by Gasteiger charge is 2.34. The minimum absolute atomic E-state index is 0.0519. The van der Waals surface area contributed by atoms with Crippen molar-refractivity contribution in [3.05, 3.63) is 32.8 Å². The molecule has 14 heavy (non-hydrogen) atoms. The first kappa shape index (κ1) is 11.5. The largest absolute Gasteiger partial charge is 0.417 e. The summed E-state index contributed by atoms with van der Waals surface area (Å²) in [5.41, 5.74) is -1.09. The Balaban J connectivity index is 3.42. The third kappa shape index (κ3) is 2.27. The van der Waals surface area contributed by atoms with E-state index in [1.54, 1.807) is 0 Å². The topological polar surface area (TPSA) is 17.1 Å². The SMILES string of the molecule is O=Cc1cc(Br)c(Cl)c(C(F)(F)F)c1. The highest BCUT2D eigenvalue weighted by Crippen LogP contribution is 2.38. The molecule has 0 spiro atoms. The van der Waals surface area contributed by atoms with Crippen LogP contribution in [0.5, 0.6) is 0 Å². The Bertz CT molecular complexity index is 376. The molecule has 0 unspecified atom stereocenters. The molecular formula is C8H3BrClF3O. The summed E-state index contributed by atoms with van der Waals surface area (Å²) in [6, 6.07) is 1.94. The van der Waals surface area contributed by atoms with Gasteiger partial charge in [0.25, 0.3) is 0 Å². The van der Waals surface area contributed by atoms with Crippen LogP contribution in [-0.4, -0.2) is 6.29 Å². The Kier molecular flexibility index (Phi) is 3.21. The molecule has 6 heteroatoms. The van der Waals surface area contributed by atoms with Gasteiger partial charge in [-0.15, -0.1) is 0 Å². The van der Waals surface area contributed by atoms with Crippen LogP contribution in [0.25, 0.3) is 0 Å². The van der Waals surface area contributed by atoms with Crippen molar-refractivity contribution in [3.8, 4) is 0 Å². The molecule has 0 aromatic heterocycles. The summed E-state index contributed by atoms with van der Waals surface area (Å²) < 4.78 is 37.0. The van der Waals surface area contributed by atoms with Gasteiger partial charge in [0.05, 0.1) is 10.6 Å². The molecule has 0 aliphatic rings. The average molecular weight is 287 g/mol. The van der Waals surface area contributed by atoms with Gasteiger partial charge in [-0.2, -0.15) is 13.2 Å². The fourth-order valence-corrected chi connectivity index (χ4v) is 1.58. The van der Waals surface area contributed by atoms with E-state index in [2.05, 4.69) is 15.9 Å². The van der Waals surface area contributed by atoms with Crippen LogP contribution in [0, 0.1) is 0 Å². The highest BCUT2D eigenvalue weighted by molar-refractivity contribution is 9.10. The molecular weight excluding hydrogens is 284 g/mol. The van der Waals surface area contributed by atoms with Crippen LogP contribution in [0.3, 0.4) is 0 Å². The monoisotopic (exact) mass is 286 g/mol. The van der Waals surface area contributed by atoms with E-state index in [0.29, 0.717) is 12.4 Å². The third-order valence-electron chi connectivity index (χ3n) is 1.49. The number of aldehydes is 1. The number of carbonyl (C=O) groups excluding carboxylic acids is 1. The molecule has 0 radical (unpaired) electrons. The van der Waals surface area contributed by atoms with E-state index in [-0.39, 0.29) is 10.0 Å². The fourth-order valence-electron chi connectivity index (χ4n) is 0.884. The van der Waals surface area contributed by atoms with Crippen LogP contribution in [0.2, 0.25) is 5.02 Å². The van der Waals surface area contributed by atoms with Crippen molar-refractivity contribution in [2.45, 2.75) is 6.18 Å². The van der Waals surface area contributed by atoms with Crippen molar-refractivity contribution < 1.29 is 18.0 Å². The van der Waals surface area contributed by atoms with Gasteiger partial charge in [0.15, 0.2) is 0 Å². The Labute approximate surface area is 91.0 Å². The van der Waals surface area contributed by atoms with Crippen molar-refractivity contribution >= 4 is 33.8 Å². The molecule has 0 aliphatic carbocycles. The zero-order valence-electron chi connectivity index (χ0n) is 6.53. The van der Waals surface area contributed by atoms with Gasteiger partial charge >= 0.3 is 6.18 Å². The van der Waals surface area contributed by atoms with E-state index in [0.717, 1.165) is 0 Å². The lowest BCUT2D eigenvalue weighted by molar-refractivity contribution is -0.137. The molecule has 1 rings (SSSR count). The maximum absolute atomic E-state index is 12.3. The summed E-state index contributed by atoms with van der Waals surface area (Å²) in [5, 5.41) is -0.442. The van der Waals surface area contributed by atoms with Crippen LogP contribution >= 0.6 is 27.5 Å². The number of hydrogen-bond donors (Lipinski definition) is 0. The summed E-state index contributed by atoms with van der Waals surface area (Å²) in [6.07, 6.45) is -4.23. The molecule has 0 saturated heterocycles. The zero-order valence-corrected chi connectivity index (χ0v) is 8.87. The Morgan fingerprint density at radius 3 is 2.36 bits per heavy atom. The fraction of sp³-hybridized carbons (Fsp3) is 0.125. The Hall–Kier alpha value is -0.550. The molecule has 0 amide bonds. The molecule has 0 heterocycles. The molecule has 0 fully saturated rings. The number of alkyl halides is 3. The third-order valence-corrected chi connectivity index (χ3v) is 2.75. The van der Waals surface area contributed by atoms with Gasteiger partial charge in [-0.3, -0.25) is 4.79 Å². The van der Waals surface area contributed by atoms with Gasteiger partial charge in [0.1, 0.15) is 6.29 Å². The standard InChI is InChI=1S/C8H3BrClF3O/c9-6-2-4(3-14)1-5(7(6)10)8(11,12)13/h1-3H. The van der Waals surface area contributed by atoms with E-state index in [9.17, 15) is 18.0 Å². The van der Waals surface area contributed by atoms with Crippen molar-refractivity contribution in [2.75, 3.05) is 0 Å². The molecule has 0 bridgehead atoms. The lowest BCUT2D eigenvalue weighted by Crippen LogP contribution is -2.07. The van der Waals surface area contributed by atoms with Gasteiger partial charge in [0.2, 0.25) is 0 Å². The predicted octanol–water partition coefficient (Wildman–Crippen LogP) is 3.93. The van der Waals surface area contributed by atoms with E-state index < -0.39 is 16.8 Å². The molecule has 0 saturated carbocycles. The van der Waals surface area contributed by atoms with E-state index in [1.165, 1.54) is 6.07 Å². The van der Waals surface area contributed by atoms with Crippen LogP contribution < -0.4 is 0 Å². The normalized spacial score (nSPS) is 11.5. The highest BCUT2D eigenvalue weighted by atomic mass is 79.9. The first-order valence-corrected chi connectivity index (χ1v) is 4.54. The lowest BCUT2D eigenvalue weighted by Gasteiger charge is -2.10. The molecule has 0 atom stereocenters. The van der Waals surface area contributed by atoms with Gasteiger partial charge < -0.3 is 0 Å². The van der Waals surface area contributed by atoms with Crippen LogP contribution in [0.4, 0.5) is 13.2 Å². The lowest BCUT2D eigenvalue weighted by atomic mass is 10.1. The summed E-state index contributed by atoms with van der Waals surface area (Å²) in [6.45, 7) is 0. The minimum Gasteiger partial charge on any atom is -0.298 e. The number of halogens is 5. The predicted molar refractivity (Wildman–Crippen MR) is 49.5 cm³/mol. The van der Waals surface area contributed by atoms with Crippen LogP contribution in [0.15, 0.2) is 16.6 Å². The van der Waals surface area contributed by atoms with Gasteiger partial charge in [-0.1, -0.05) is 11.6 Å². The summed E-state index contributed by atoms with van der Waals surface area (Å²) in [7, 11) is 0. The first-order valence-electron chi connectivity index (χ1n) is 3.37. The molecule has 1 aromatic rings. The van der Waals surface area contributed by atoms with Crippen LogP contribution in [-0.2, 0) is 6.18 Å². The molecule has 0 N–H and O–H groups in total. The maximum Gasteiger partial charge on any atom is 0.417 e. The van der Waals surface area contributed by atoms with Crippen LogP contribution in [0.1, 0.15) is 15.9 Å². The molecule has 1 nitrogen and oxygen atoms in total. The summed E-state index contributed by atoms with van der Waals surface area (Å²) in [4.78, 5) is 10.3. The molecule has 1 aromatic carbocycles. The second-order valence-corrected chi connectivity index (χ2v) is 3.71. The Morgan fingerprint density at radius 2 is 1.93 bits per heavy atom. The minimum atomic E-state index is -4.56.